The molecule has 0 radical (unpaired) electrons. The van der Waals surface area contributed by atoms with E-state index in [1.54, 1.807) is 36.4 Å². The van der Waals surface area contributed by atoms with Gasteiger partial charge in [0.25, 0.3) is 7.37 Å². The van der Waals surface area contributed by atoms with Crippen LogP contribution >= 0.6 is 7.37 Å². The predicted octanol–water partition coefficient (Wildman–Crippen LogP) is 2.82. The summed E-state index contributed by atoms with van der Waals surface area (Å²) in [5.74, 6) is -3.42. The summed E-state index contributed by atoms with van der Waals surface area (Å²) in [5, 5.41) is 18.6. The fourth-order valence-corrected chi connectivity index (χ4v) is 5.43. The van der Waals surface area contributed by atoms with Crippen LogP contribution in [0.4, 0.5) is 0 Å². The standard InChI is InChI=1S/C17H15O6P/c18-16(19)9-11(17(20)21)10-24(22)15-8-4-2-6-13(15)12-5-1-3-7-14(12)23-24/h1-8,11H,9-10H2,(H,18,19)(H,20,21)/t11-,24-/m1/s1. The van der Waals surface area contributed by atoms with Gasteiger partial charge in [0.2, 0.25) is 0 Å². The van der Waals surface area contributed by atoms with Crippen molar-refractivity contribution in [2.45, 2.75) is 6.42 Å². The van der Waals surface area contributed by atoms with Crippen LogP contribution in [0.1, 0.15) is 6.42 Å². The first kappa shape index (κ1) is 16.3. The maximum Gasteiger partial charge on any atom is 0.307 e. The number of rotatable bonds is 5. The number of hydrogen-bond acceptors (Lipinski definition) is 4. The molecule has 3 rings (SSSR count). The minimum atomic E-state index is -3.55. The van der Waals surface area contributed by atoms with E-state index in [0.717, 1.165) is 11.1 Å². The van der Waals surface area contributed by atoms with E-state index in [-0.39, 0.29) is 6.16 Å². The summed E-state index contributed by atoms with van der Waals surface area (Å²) in [6, 6.07) is 14.0. The van der Waals surface area contributed by atoms with Gasteiger partial charge in [-0.1, -0.05) is 36.4 Å². The van der Waals surface area contributed by atoms with Crippen molar-refractivity contribution >= 4 is 24.6 Å². The van der Waals surface area contributed by atoms with Crippen LogP contribution in [0, 0.1) is 5.92 Å². The van der Waals surface area contributed by atoms with Gasteiger partial charge in [-0.05, 0) is 17.7 Å². The summed E-state index contributed by atoms with van der Waals surface area (Å²) in [6.07, 6.45) is -0.966. The molecule has 0 spiro atoms. The molecule has 6 nitrogen and oxygen atoms in total. The van der Waals surface area contributed by atoms with Crippen molar-refractivity contribution in [1.82, 2.24) is 0 Å². The van der Waals surface area contributed by atoms with Crippen molar-refractivity contribution in [1.29, 1.82) is 0 Å². The average Bonchev–Trinajstić information content (AvgIpc) is 2.54. The molecule has 0 fully saturated rings. The van der Waals surface area contributed by atoms with Gasteiger partial charge in [-0.2, -0.15) is 0 Å². The molecule has 0 saturated carbocycles. The second-order valence-corrected chi connectivity index (χ2v) is 7.97. The van der Waals surface area contributed by atoms with Gasteiger partial charge < -0.3 is 14.7 Å². The van der Waals surface area contributed by atoms with E-state index in [2.05, 4.69) is 0 Å². The molecule has 0 amide bonds. The molecule has 7 heteroatoms. The summed E-state index contributed by atoms with van der Waals surface area (Å²) in [6.45, 7) is 0. The van der Waals surface area contributed by atoms with E-state index in [9.17, 15) is 19.3 Å². The third-order valence-electron chi connectivity index (χ3n) is 3.93. The maximum absolute atomic E-state index is 13.4. The Kier molecular flexibility index (Phi) is 4.16. The van der Waals surface area contributed by atoms with Crippen molar-refractivity contribution in [2.75, 3.05) is 6.16 Å². The Labute approximate surface area is 138 Å². The summed E-state index contributed by atoms with van der Waals surface area (Å²) in [7, 11) is -3.55. The summed E-state index contributed by atoms with van der Waals surface area (Å²) in [5.41, 5.74) is 1.51. The summed E-state index contributed by atoms with van der Waals surface area (Å²) < 4.78 is 19.1. The molecule has 1 aliphatic rings. The Bertz CT molecular complexity index is 860. The number of aliphatic carboxylic acids is 2. The van der Waals surface area contributed by atoms with Gasteiger partial charge in [0.15, 0.2) is 0 Å². The average molecular weight is 346 g/mol. The minimum Gasteiger partial charge on any atom is -0.481 e. The van der Waals surface area contributed by atoms with Gasteiger partial charge in [-0.3, -0.25) is 14.2 Å². The van der Waals surface area contributed by atoms with Gasteiger partial charge in [0.05, 0.1) is 23.8 Å². The summed E-state index contributed by atoms with van der Waals surface area (Å²) >= 11 is 0. The lowest BCUT2D eigenvalue weighted by Crippen LogP contribution is -2.28. The molecule has 2 aromatic carbocycles. The predicted molar refractivity (Wildman–Crippen MR) is 88.0 cm³/mol. The van der Waals surface area contributed by atoms with Crippen LogP contribution in [-0.2, 0) is 14.2 Å². The highest BCUT2D eigenvalue weighted by Crippen LogP contribution is 2.55. The number of carboxylic acids is 2. The first-order valence-electron chi connectivity index (χ1n) is 7.33. The quantitative estimate of drug-likeness (QED) is 0.808. The molecule has 0 saturated heterocycles. The van der Waals surface area contributed by atoms with Gasteiger partial charge in [0, 0.05) is 5.56 Å². The number of para-hydroxylation sites is 1. The van der Waals surface area contributed by atoms with Crippen LogP contribution in [0.2, 0.25) is 0 Å². The van der Waals surface area contributed by atoms with E-state index in [1.165, 1.54) is 0 Å². The zero-order valence-corrected chi connectivity index (χ0v) is 13.5. The SMILES string of the molecule is O=C(O)C[C@H](C[P@@]1(=O)Oc2ccccc2-c2ccccc21)C(=O)O. The molecule has 0 unspecified atom stereocenters. The molecular weight excluding hydrogens is 331 g/mol. The summed E-state index contributed by atoms with van der Waals surface area (Å²) in [4.78, 5) is 22.3. The first-order valence-corrected chi connectivity index (χ1v) is 9.14. The third kappa shape index (κ3) is 2.93. The van der Waals surface area contributed by atoms with Crippen LogP contribution in [0.25, 0.3) is 11.1 Å². The number of benzene rings is 2. The van der Waals surface area contributed by atoms with E-state index in [1.807, 2.05) is 12.1 Å². The van der Waals surface area contributed by atoms with Crippen LogP contribution < -0.4 is 9.83 Å². The van der Waals surface area contributed by atoms with E-state index in [0.29, 0.717) is 11.1 Å². The number of hydrogen-bond donors (Lipinski definition) is 2. The first-order chi connectivity index (χ1) is 11.4. The van der Waals surface area contributed by atoms with Crippen molar-refractivity contribution in [3.05, 3.63) is 48.5 Å². The number of fused-ring (bicyclic) bond motifs is 3. The molecule has 2 N–H and O–H groups in total. The second kappa shape index (κ2) is 6.13. The van der Waals surface area contributed by atoms with Crippen molar-refractivity contribution < 1.29 is 28.9 Å². The number of carboxylic acid groups (broad SMARTS) is 2. The van der Waals surface area contributed by atoms with Crippen LogP contribution in [0.5, 0.6) is 5.75 Å². The molecule has 1 heterocycles. The number of carbonyl (C=O) groups is 2. The topological polar surface area (TPSA) is 101 Å². The van der Waals surface area contributed by atoms with Crippen LogP contribution in [-0.4, -0.2) is 28.3 Å². The molecule has 24 heavy (non-hydrogen) atoms. The molecule has 0 aliphatic carbocycles. The molecule has 0 aromatic heterocycles. The van der Waals surface area contributed by atoms with Crippen molar-refractivity contribution in [3.63, 3.8) is 0 Å². The molecular formula is C17H15O6P. The van der Waals surface area contributed by atoms with Gasteiger partial charge >= 0.3 is 11.9 Å². The Balaban J connectivity index is 2.06. The van der Waals surface area contributed by atoms with E-state index >= 15 is 0 Å². The lowest BCUT2D eigenvalue weighted by atomic mass is 10.0. The second-order valence-electron chi connectivity index (χ2n) is 5.59. The fourth-order valence-electron chi connectivity index (χ4n) is 2.84. The van der Waals surface area contributed by atoms with Gasteiger partial charge in [-0.25, -0.2) is 0 Å². The van der Waals surface area contributed by atoms with Crippen molar-refractivity contribution in [2.24, 2.45) is 5.92 Å². The van der Waals surface area contributed by atoms with E-state index < -0.39 is 31.6 Å². The highest BCUT2D eigenvalue weighted by Gasteiger charge is 2.40. The van der Waals surface area contributed by atoms with Crippen molar-refractivity contribution in [3.8, 4) is 16.9 Å². The maximum atomic E-state index is 13.4. The lowest BCUT2D eigenvalue weighted by molar-refractivity contribution is -0.147. The molecule has 0 bridgehead atoms. The van der Waals surface area contributed by atoms with E-state index in [4.69, 9.17) is 9.63 Å². The zero-order valence-electron chi connectivity index (χ0n) is 12.6. The van der Waals surface area contributed by atoms with Crippen LogP contribution in [0.3, 0.4) is 0 Å². The largest absolute Gasteiger partial charge is 0.481 e. The zero-order chi connectivity index (χ0) is 17.3. The molecule has 2 atom stereocenters. The Hall–Kier alpha value is -2.59. The monoisotopic (exact) mass is 346 g/mol. The van der Waals surface area contributed by atoms with Crippen LogP contribution in [0.15, 0.2) is 48.5 Å². The Morgan fingerprint density at radius 3 is 2.29 bits per heavy atom. The minimum absolute atomic E-state index is 0.361. The molecule has 1 aliphatic heterocycles. The fraction of sp³-hybridized carbons (Fsp3) is 0.176. The molecule has 124 valence electrons. The normalized spacial score (nSPS) is 19.5. The smallest absolute Gasteiger partial charge is 0.307 e. The lowest BCUT2D eigenvalue weighted by Gasteiger charge is -2.29. The van der Waals surface area contributed by atoms with Gasteiger partial charge in [-0.15, -0.1) is 0 Å². The third-order valence-corrected chi connectivity index (χ3v) is 6.46. The molecule has 2 aromatic rings. The Morgan fingerprint density at radius 1 is 1.00 bits per heavy atom. The highest BCUT2D eigenvalue weighted by molar-refractivity contribution is 7.67. The Morgan fingerprint density at radius 2 is 1.62 bits per heavy atom. The highest BCUT2D eigenvalue weighted by atomic mass is 31.2. The van der Waals surface area contributed by atoms with Gasteiger partial charge in [0.1, 0.15) is 5.75 Å².